The number of hydrogen-bond acceptors (Lipinski definition) is 13. The molecule has 1 fully saturated rings. The number of oxime groups is 1. The molecular formula is C20H17N7O7S3. The third-order valence-electron chi connectivity index (χ3n) is 4.79. The maximum absolute atomic E-state index is 12.9. The number of amides is 2. The average Bonchev–Trinajstić information content (AvgIpc) is 3.30. The molecule has 4 heterocycles. The number of aromatic nitrogens is 3. The van der Waals surface area contributed by atoms with Gasteiger partial charge in [0.2, 0.25) is 18.1 Å². The van der Waals surface area contributed by atoms with E-state index in [2.05, 4.69) is 29.7 Å². The Labute approximate surface area is 220 Å². The lowest BCUT2D eigenvalue weighted by atomic mass is 10.0. The van der Waals surface area contributed by atoms with Crippen molar-refractivity contribution in [1.29, 1.82) is 0 Å². The molecule has 2 unspecified atom stereocenters. The summed E-state index contributed by atoms with van der Waals surface area (Å²) in [6, 6.07) is 2.55. The first-order valence-electron chi connectivity index (χ1n) is 10.2. The van der Waals surface area contributed by atoms with E-state index in [4.69, 9.17) is 10.8 Å². The minimum absolute atomic E-state index is 0.0290. The van der Waals surface area contributed by atoms with E-state index in [0.717, 1.165) is 22.0 Å². The zero-order valence-corrected chi connectivity index (χ0v) is 21.0. The van der Waals surface area contributed by atoms with Gasteiger partial charge in [0, 0.05) is 34.6 Å². The Balaban J connectivity index is 1.48. The van der Waals surface area contributed by atoms with Gasteiger partial charge in [-0.15, -0.1) is 11.8 Å². The van der Waals surface area contributed by atoms with Gasteiger partial charge in [0.15, 0.2) is 5.13 Å². The van der Waals surface area contributed by atoms with Crippen LogP contribution in [0.3, 0.4) is 0 Å². The molecule has 2 amide bonds. The van der Waals surface area contributed by atoms with E-state index in [1.807, 2.05) is 6.07 Å². The molecule has 0 aromatic carbocycles. The van der Waals surface area contributed by atoms with Gasteiger partial charge >= 0.3 is 11.9 Å². The summed E-state index contributed by atoms with van der Waals surface area (Å²) in [7, 11) is 0. The van der Waals surface area contributed by atoms with Gasteiger partial charge in [-0.3, -0.25) is 19.5 Å². The first-order valence-corrected chi connectivity index (χ1v) is 12.9. The molecule has 17 heteroatoms. The van der Waals surface area contributed by atoms with Crippen LogP contribution in [0.1, 0.15) is 11.4 Å². The number of carboxylic acids is 2. The maximum atomic E-state index is 12.9. The van der Waals surface area contributed by atoms with Gasteiger partial charge in [-0.2, -0.15) is 9.36 Å². The normalized spacial score (nSPS) is 19.4. The highest BCUT2D eigenvalue weighted by atomic mass is 32.2. The van der Waals surface area contributed by atoms with E-state index < -0.39 is 47.5 Å². The number of pyridine rings is 1. The lowest BCUT2D eigenvalue weighted by molar-refractivity contribution is -0.150. The number of hydrogen-bond donors (Lipinski definition) is 4. The summed E-state index contributed by atoms with van der Waals surface area (Å²) in [5.74, 6) is -4.06. The van der Waals surface area contributed by atoms with Gasteiger partial charge < -0.3 is 26.1 Å². The van der Waals surface area contributed by atoms with Crippen LogP contribution in [0, 0.1) is 0 Å². The van der Waals surface area contributed by atoms with Crippen molar-refractivity contribution in [2.75, 3.05) is 18.1 Å². The Kier molecular flexibility index (Phi) is 8.04. The summed E-state index contributed by atoms with van der Waals surface area (Å²) >= 11 is 3.24. The Hall–Kier alpha value is -3.96. The summed E-state index contributed by atoms with van der Waals surface area (Å²) in [6.07, 6.45) is 5.06. The Morgan fingerprint density at radius 2 is 2.19 bits per heavy atom. The summed E-state index contributed by atoms with van der Waals surface area (Å²) in [5, 5.41) is 25.6. The van der Waals surface area contributed by atoms with Crippen LogP contribution in [-0.2, 0) is 24.0 Å². The van der Waals surface area contributed by atoms with Crippen LogP contribution in [0.4, 0.5) is 5.13 Å². The number of fused-ring (bicyclic) bond motifs is 1. The number of nitrogens with zero attached hydrogens (tertiary/aromatic N) is 5. The van der Waals surface area contributed by atoms with Gasteiger partial charge in [0.05, 0.1) is 0 Å². The standard InChI is InChI=1S/C20H17N7O7S3/c21-20-24-15(26-37-20)12(25-34-7-11(28)29)16(30)23-13-17(31)27-14(19(32)33)10(8-36-18(13)27)35-5-3-9-2-1-4-22-6-9/h1-6,13,18H,7-8H2,(H,23,30)(H,28,29)(H,32,33)(H2,21,24,26)/b5-3-,25-12+. The molecule has 2 atom stereocenters. The van der Waals surface area contributed by atoms with Crippen LogP contribution in [0.2, 0.25) is 0 Å². The second-order valence-corrected chi connectivity index (χ2v) is 10.1. The van der Waals surface area contributed by atoms with Gasteiger partial charge in [0.1, 0.15) is 17.1 Å². The number of carbonyl (C=O) groups is 4. The van der Waals surface area contributed by atoms with Gasteiger partial charge in [-0.25, -0.2) is 9.59 Å². The molecule has 2 aliphatic heterocycles. The van der Waals surface area contributed by atoms with Gasteiger partial charge in [-0.05, 0) is 23.1 Å². The highest BCUT2D eigenvalue weighted by Gasteiger charge is 2.54. The summed E-state index contributed by atoms with van der Waals surface area (Å²) in [6.45, 7) is -0.826. The number of anilines is 1. The van der Waals surface area contributed by atoms with Crippen LogP contribution in [0.15, 0.2) is 45.7 Å². The zero-order valence-electron chi connectivity index (χ0n) is 18.5. The Bertz CT molecular complexity index is 1330. The van der Waals surface area contributed by atoms with Crippen LogP contribution in [0.25, 0.3) is 6.08 Å². The minimum Gasteiger partial charge on any atom is -0.479 e. The van der Waals surface area contributed by atoms with Crippen molar-refractivity contribution in [3.8, 4) is 0 Å². The highest BCUT2D eigenvalue weighted by Crippen LogP contribution is 2.43. The van der Waals surface area contributed by atoms with Crippen molar-refractivity contribution >= 4 is 75.7 Å². The van der Waals surface area contributed by atoms with Crippen molar-refractivity contribution in [3.63, 3.8) is 0 Å². The third-order valence-corrected chi connectivity index (χ3v) is 7.69. The monoisotopic (exact) mass is 563 g/mol. The Morgan fingerprint density at radius 1 is 1.38 bits per heavy atom. The van der Waals surface area contributed by atoms with Crippen molar-refractivity contribution in [1.82, 2.24) is 24.6 Å². The van der Waals surface area contributed by atoms with Crippen LogP contribution in [0.5, 0.6) is 0 Å². The third kappa shape index (κ3) is 5.89. The SMILES string of the molecule is Nc1nc(/C(=N\OCC(=O)O)C(=O)NC2C(=O)N3C(C(=O)O)=C(S/C=C\c4cccnc4)CSC23)ns1. The lowest BCUT2D eigenvalue weighted by Gasteiger charge is -2.49. The van der Waals surface area contributed by atoms with Crippen molar-refractivity contribution < 1.29 is 34.2 Å². The molecular weight excluding hydrogens is 546 g/mol. The number of nitrogen functional groups attached to an aromatic ring is 1. The van der Waals surface area contributed by atoms with E-state index >= 15 is 0 Å². The number of nitrogens with one attached hydrogen (secondary N) is 1. The molecule has 192 valence electrons. The molecule has 0 bridgehead atoms. The predicted octanol–water partition coefficient (Wildman–Crippen LogP) is 0.421. The van der Waals surface area contributed by atoms with E-state index in [9.17, 15) is 24.3 Å². The average molecular weight is 564 g/mol. The molecule has 5 N–H and O–H groups in total. The molecule has 37 heavy (non-hydrogen) atoms. The van der Waals surface area contributed by atoms with Crippen LogP contribution in [-0.4, -0.2) is 82.7 Å². The second-order valence-electron chi connectivity index (χ2n) is 7.21. The minimum atomic E-state index is -1.32. The molecule has 0 aliphatic carbocycles. The number of aliphatic carboxylic acids is 2. The number of nitrogens with two attached hydrogens (primary N) is 1. The van der Waals surface area contributed by atoms with Crippen LogP contribution < -0.4 is 11.1 Å². The zero-order chi connectivity index (χ0) is 26.5. The van der Waals surface area contributed by atoms with E-state index in [1.165, 1.54) is 23.5 Å². The molecule has 2 aliphatic rings. The maximum Gasteiger partial charge on any atom is 0.353 e. The first-order chi connectivity index (χ1) is 17.8. The summed E-state index contributed by atoms with van der Waals surface area (Å²) in [5.41, 5.74) is 5.75. The molecule has 14 nitrogen and oxygen atoms in total. The largest absolute Gasteiger partial charge is 0.479 e. The molecule has 1 saturated heterocycles. The first kappa shape index (κ1) is 26.1. The Morgan fingerprint density at radius 3 is 2.84 bits per heavy atom. The van der Waals surface area contributed by atoms with E-state index in [0.29, 0.717) is 4.91 Å². The highest BCUT2D eigenvalue weighted by molar-refractivity contribution is 8.08. The summed E-state index contributed by atoms with van der Waals surface area (Å²) < 4.78 is 3.87. The number of carboxylic acid groups (broad SMARTS) is 2. The molecule has 0 radical (unpaired) electrons. The molecule has 0 saturated carbocycles. The second kappa shape index (κ2) is 11.4. The number of carbonyl (C=O) groups excluding carboxylic acids is 2. The smallest absolute Gasteiger partial charge is 0.353 e. The summed E-state index contributed by atoms with van der Waals surface area (Å²) in [4.78, 5) is 62.7. The molecule has 0 spiro atoms. The predicted molar refractivity (Wildman–Crippen MR) is 135 cm³/mol. The fourth-order valence-electron chi connectivity index (χ4n) is 3.23. The molecule has 4 rings (SSSR count). The van der Waals surface area contributed by atoms with Crippen LogP contribution >= 0.6 is 35.1 Å². The van der Waals surface area contributed by atoms with E-state index in [-0.39, 0.29) is 22.4 Å². The van der Waals surface area contributed by atoms with Crippen molar-refractivity contribution in [2.45, 2.75) is 11.4 Å². The van der Waals surface area contributed by atoms with Gasteiger partial charge in [-0.1, -0.05) is 23.0 Å². The lowest BCUT2D eigenvalue weighted by Crippen LogP contribution is -2.71. The molecule has 2 aromatic heterocycles. The van der Waals surface area contributed by atoms with Crippen molar-refractivity contribution in [3.05, 3.63) is 51.9 Å². The quantitative estimate of drug-likeness (QED) is 0.176. The van der Waals surface area contributed by atoms with E-state index in [1.54, 1.807) is 29.9 Å². The number of thioether (sulfide) groups is 2. The number of rotatable bonds is 10. The fourth-order valence-corrected chi connectivity index (χ4v) is 6.02. The molecule has 2 aromatic rings. The van der Waals surface area contributed by atoms with Crippen molar-refractivity contribution in [2.24, 2.45) is 5.16 Å². The fraction of sp³-hybridized carbons (Fsp3) is 0.200. The topological polar surface area (TPSA) is 210 Å². The van der Waals surface area contributed by atoms with Gasteiger partial charge in [0.25, 0.3) is 11.8 Å². The number of β-lactam (4-membered cyclic amide) rings is 1.